The fourth-order valence-electron chi connectivity index (χ4n) is 12.5. The lowest BCUT2D eigenvalue weighted by Crippen LogP contribution is -2.44. The van der Waals surface area contributed by atoms with Crippen molar-refractivity contribution in [3.05, 3.63) is 0 Å². The average Bonchev–Trinajstić information content (AvgIpc) is 3.54. The summed E-state index contributed by atoms with van der Waals surface area (Å²) < 4.78 is 22.9. The second-order valence-corrected chi connectivity index (χ2v) is 28.7. The molecule has 0 N–H and O–H groups in total. The molecule has 0 saturated heterocycles. The van der Waals surface area contributed by atoms with Gasteiger partial charge >= 0.3 is 11.9 Å². The first-order chi connectivity index (χ1) is 43.1. The van der Waals surface area contributed by atoms with E-state index in [4.69, 9.17) is 18.9 Å². The number of hydrogen-bond donors (Lipinski definition) is 0. The van der Waals surface area contributed by atoms with Crippen molar-refractivity contribution in [1.82, 2.24) is 0 Å². The number of likely N-dealkylation sites (N-methyl/N-ethyl adjacent to an activating group) is 1. The number of nitrogens with zero attached hydrogens (tertiary/aromatic N) is 1. The van der Waals surface area contributed by atoms with Gasteiger partial charge in [-0.1, -0.05) is 406 Å². The van der Waals surface area contributed by atoms with Crippen LogP contribution in [0.3, 0.4) is 0 Å². The Balaban J connectivity index is 3.96. The molecule has 0 aliphatic rings. The van der Waals surface area contributed by atoms with Crippen LogP contribution >= 0.6 is 0 Å². The van der Waals surface area contributed by atoms with Gasteiger partial charge in [-0.3, -0.25) is 9.59 Å². The van der Waals surface area contributed by atoms with Crippen molar-refractivity contribution in [3.63, 3.8) is 0 Å². The van der Waals surface area contributed by atoms with Gasteiger partial charge in [0, 0.05) is 12.8 Å². The third-order valence-electron chi connectivity index (χ3n) is 18.6. The molecule has 0 aromatic carbocycles. The van der Waals surface area contributed by atoms with Gasteiger partial charge in [0.25, 0.3) is 0 Å². The van der Waals surface area contributed by atoms with Crippen molar-refractivity contribution in [2.45, 2.75) is 444 Å². The molecular weight excluding hydrogens is 1090 g/mol. The van der Waals surface area contributed by atoms with E-state index in [-0.39, 0.29) is 32.2 Å². The molecule has 9 heteroatoms. The molecule has 0 aromatic heterocycles. The molecule has 0 aromatic rings. The summed E-state index contributed by atoms with van der Waals surface area (Å²) in [5.41, 5.74) is 0. The number of carboxylic acids is 1. The number of aliphatic carboxylic acids is 1. The third-order valence-corrected chi connectivity index (χ3v) is 18.6. The maximum absolute atomic E-state index is 13.0. The van der Waals surface area contributed by atoms with Gasteiger partial charge in [-0.05, 0) is 12.8 Å². The monoisotopic (exact) mass is 1250 g/mol. The van der Waals surface area contributed by atoms with Crippen molar-refractivity contribution < 1.29 is 42.9 Å². The molecule has 0 bridgehead atoms. The second-order valence-electron chi connectivity index (χ2n) is 28.7. The topological polar surface area (TPSA) is 111 Å². The van der Waals surface area contributed by atoms with Crippen LogP contribution < -0.4 is 5.11 Å². The molecule has 0 aliphatic carbocycles. The molecule has 524 valence electrons. The molecule has 2 atom stereocenters. The standard InChI is InChI=1S/C79H155NO8/c1-6-8-10-12-14-16-18-20-22-24-26-28-30-32-34-36-38-40-42-44-46-48-50-52-54-56-58-60-62-64-66-68-70-77(82)88-75(74-87-79(78(83)84)85-72-71-80(3,4)5)73-86-76(81)69-67-65-63-61-59-57-55-53-51-49-47-45-43-41-39-37-35-33-31-29-27-25-23-21-19-17-15-13-11-9-7-2/h75,79H,6-74H2,1-5H3. The highest BCUT2D eigenvalue weighted by Gasteiger charge is 2.22. The van der Waals surface area contributed by atoms with Crippen LogP contribution in [0.2, 0.25) is 0 Å². The number of ether oxygens (including phenoxy) is 4. The van der Waals surface area contributed by atoms with Gasteiger partial charge in [0.2, 0.25) is 0 Å². The van der Waals surface area contributed by atoms with E-state index in [9.17, 15) is 19.5 Å². The van der Waals surface area contributed by atoms with Crippen molar-refractivity contribution in [3.8, 4) is 0 Å². The summed E-state index contributed by atoms with van der Waals surface area (Å²) in [6.45, 7) is 4.86. The number of rotatable bonds is 76. The Morgan fingerprint density at radius 3 is 0.727 bits per heavy atom. The second kappa shape index (κ2) is 71.1. The van der Waals surface area contributed by atoms with E-state index in [0.717, 1.165) is 38.5 Å². The Kier molecular flexibility index (Phi) is 69.8. The minimum atomic E-state index is -1.62. The quantitative estimate of drug-likeness (QED) is 0.0256. The van der Waals surface area contributed by atoms with Gasteiger partial charge in [-0.15, -0.1) is 0 Å². The van der Waals surface area contributed by atoms with Crippen LogP contribution in [0.4, 0.5) is 0 Å². The predicted molar refractivity (Wildman–Crippen MR) is 376 cm³/mol. The van der Waals surface area contributed by atoms with Gasteiger partial charge in [0.05, 0.1) is 40.3 Å². The maximum atomic E-state index is 13.0. The summed E-state index contributed by atoms with van der Waals surface area (Å²) in [6, 6.07) is 0. The zero-order chi connectivity index (χ0) is 64.0. The van der Waals surface area contributed by atoms with Gasteiger partial charge in [-0.25, -0.2) is 0 Å². The van der Waals surface area contributed by atoms with E-state index >= 15 is 0 Å². The maximum Gasteiger partial charge on any atom is 0.306 e. The van der Waals surface area contributed by atoms with Gasteiger partial charge in [0.15, 0.2) is 12.4 Å². The molecule has 0 fully saturated rings. The number of carboxylic acid groups (broad SMARTS) is 1. The highest BCUT2D eigenvalue weighted by molar-refractivity contribution is 5.70. The fourth-order valence-corrected chi connectivity index (χ4v) is 12.5. The molecule has 0 rings (SSSR count). The zero-order valence-electron chi connectivity index (χ0n) is 60.2. The number of quaternary nitrogens is 1. The molecule has 0 amide bonds. The first-order valence-corrected chi connectivity index (χ1v) is 39.7. The SMILES string of the molecule is CCCCCCCCCCCCCCCCCCCCCCCCCCCCCCCCCCC(=O)OC(COC(=O)CCCCCCCCCCCCCCCCCCCCCCCCCCCCCCCCC)COC(OCC[N+](C)(C)C)C(=O)[O-]. The van der Waals surface area contributed by atoms with E-state index in [0.29, 0.717) is 17.4 Å². The highest BCUT2D eigenvalue weighted by atomic mass is 16.7. The lowest BCUT2D eigenvalue weighted by atomic mass is 10.0. The summed E-state index contributed by atoms with van der Waals surface area (Å²) in [6.07, 6.45) is 83.8. The van der Waals surface area contributed by atoms with Crippen LogP contribution in [-0.2, 0) is 33.3 Å². The summed E-state index contributed by atoms with van der Waals surface area (Å²) in [5, 5.41) is 11.9. The Labute approximate surface area is 549 Å². The first-order valence-electron chi connectivity index (χ1n) is 39.7. The van der Waals surface area contributed by atoms with Crippen LogP contribution in [0.25, 0.3) is 0 Å². The number of carbonyl (C=O) groups excluding carboxylic acids is 3. The first kappa shape index (κ1) is 86.3. The van der Waals surface area contributed by atoms with E-state index in [1.165, 1.54) is 366 Å². The molecule has 0 saturated carbocycles. The molecule has 9 nitrogen and oxygen atoms in total. The molecule has 2 unspecified atom stereocenters. The number of carbonyl (C=O) groups is 3. The fraction of sp³-hybridized carbons (Fsp3) is 0.962. The van der Waals surface area contributed by atoms with E-state index in [1.54, 1.807) is 0 Å². The molecule has 0 radical (unpaired) electrons. The lowest BCUT2D eigenvalue weighted by Gasteiger charge is -2.26. The zero-order valence-corrected chi connectivity index (χ0v) is 60.2. The van der Waals surface area contributed by atoms with Crippen molar-refractivity contribution in [2.75, 3.05) is 47.5 Å². The van der Waals surface area contributed by atoms with E-state index in [2.05, 4.69) is 13.8 Å². The summed E-state index contributed by atoms with van der Waals surface area (Å²) in [4.78, 5) is 37.6. The van der Waals surface area contributed by atoms with Crippen LogP contribution in [0.5, 0.6) is 0 Å². The van der Waals surface area contributed by atoms with Gasteiger partial charge < -0.3 is 33.3 Å². The Morgan fingerprint density at radius 2 is 0.511 bits per heavy atom. The summed E-state index contributed by atoms with van der Waals surface area (Å²) >= 11 is 0. The summed E-state index contributed by atoms with van der Waals surface area (Å²) in [7, 11) is 5.96. The van der Waals surface area contributed by atoms with Crippen LogP contribution in [0.15, 0.2) is 0 Å². The number of unbranched alkanes of at least 4 members (excludes halogenated alkanes) is 61. The van der Waals surface area contributed by atoms with Crippen LogP contribution in [-0.4, -0.2) is 82.3 Å². The Hall–Kier alpha value is -1.71. The minimum absolute atomic E-state index is 0.154. The average molecular weight is 1250 g/mol. The van der Waals surface area contributed by atoms with Crippen LogP contribution in [0.1, 0.15) is 431 Å². The largest absolute Gasteiger partial charge is 0.545 e. The normalized spacial score (nSPS) is 12.5. The van der Waals surface area contributed by atoms with Crippen molar-refractivity contribution >= 4 is 17.9 Å². The van der Waals surface area contributed by atoms with Crippen LogP contribution in [0, 0.1) is 0 Å². The predicted octanol–water partition coefficient (Wildman–Crippen LogP) is 23.7. The van der Waals surface area contributed by atoms with Crippen molar-refractivity contribution in [1.29, 1.82) is 0 Å². The third kappa shape index (κ3) is 71.7. The van der Waals surface area contributed by atoms with Gasteiger partial charge in [0.1, 0.15) is 13.2 Å². The van der Waals surface area contributed by atoms with Gasteiger partial charge in [-0.2, -0.15) is 0 Å². The molecule has 0 spiro atoms. The smallest absolute Gasteiger partial charge is 0.306 e. The van der Waals surface area contributed by atoms with E-state index in [1.807, 2.05) is 21.1 Å². The Morgan fingerprint density at radius 1 is 0.295 bits per heavy atom. The minimum Gasteiger partial charge on any atom is -0.545 e. The molecule has 0 aliphatic heterocycles. The lowest BCUT2D eigenvalue weighted by molar-refractivity contribution is -0.870. The highest BCUT2D eigenvalue weighted by Crippen LogP contribution is 2.21. The van der Waals surface area contributed by atoms with E-state index < -0.39 is 24.3 Å². The molecule has 0 heterocycles. The molecular formula is C79H155NO8. The number of hydrogen-bond acceptors (Lipinski definition) is 8. The molecule has 88 heavy (non-hydrogen) atoms. The van der Waals surface area contributed by atoms with Crippen molar-refractivity contribution in [2.24, 2.45) is 0 Å². The Bertz CT molecular complexity index is 1400. The summed E-state index contributed by atoms with van der Waals surface area (Å²) in [5.74, 6) is -2.24. The number of esters is 2.